The zero-order valence-electron chi connectivity index (χ0n) is 10.3. The van der Waals surface area contributed by atoms with Gasteiger partial charge in [0, 0.05) is 16.6 Å². The average molecular weight is 399 g/mol. The standard InChI is InChI=1S/C12H10BrClFNO2S2/c1-7-4-11(19-12(7)14)20(17,18)16-6-8-5-9(13)2-3-10(8)15/h2-5,16H,6H2,1H3. The molecule has 0 spiro atoms. The van der Waals surface area contributed by atoms with Gasteiger partial charge in [-0.05, 0) is 36.8 Å². The smallest absolute Gasteiger partial charge is 0.207 e. The van der Waals surface area contributed by atoms with Crippen LogP contribution in [0.4, 0.5) is 4.39 Å². The first-order valence-electron chi connectivity index (χ1n) is 5.49. The van der Waals surface area contributed by atoms with Gasteiger partial charge in [0.2, 0.25) is 10.0 Å². The first-order chi connectivity index (χ1) is 9.29. The maximum Gasteiger partial charge on any atom is 0.250 e. The average Bonchev–Trinajstić information content (AvgIpc) is 2.72. The summed E-state index contributed by atoms with van der Waals surface area (Å²) in [5.74, 6) is -0.462. The van der Waals surface area contributed by atoms with Crippen LogP contribution in [-0.2, 0) is 16.6 Å². The third kappa shape index (κ3) is 3.59. The highest BCUT2D eigenvalue weighted by molar-refractivity contribution is 9.10. The Kier molecular flexibility index (Phi) is 4.86. The Morgan fingerprint density at radius 2 is 2.10 bits per heavy atom. The van der Waals surface area contributed by atoms with Gasteiger partial charge in [0.15, 0.2) is 0 Å². The predicted molar refractivity (Wildman–Crippen MR) is 82.2 cm³/mol. The molecule has 0 aliphatic carbocycles. The molecule has 0 amide bonds. The minimum atomic E-state index is -3.69. The zero-order valence-corrected chi connectivity index (χ0v) is 14.3. The van der Waals surface area contributed by atoms with E-state index in [9.17, 15) is 12.8 Å². The minimum absolute atomic E-state index is 0.121. The van der Waals surface area contributed by atoms with Crippen molar-refractivity contribution in [3.8, 4) is 0 Å². The summed E-state index contributed by atoms with van der Waals surface area (Å²) in [5, 5.41) is 0. The van der Waals surface area contributed by atoms with E-state index in [0.29, 0.717) is 14.4 Å². The van der Waals surface area contributed by atoms with Gasteiger partial charge in [0.1, 0.15) is 10.0 Å². The van der Waals surface area contributed by atoms with Crippen molar-refractivity contribution in [2.75, 3.05) is 0 Å². The topological polar surface area (TPSA) is 46.2 Å². The van der Waals surface area contributed by atoms with Crippen LogP contribution in [0.3, 0.4) is 0 Å². The van der Waals surface area contributed by atoms with E-state index in [1.807, 2.05) is 0 Å². The predicted octanol–water partition coefficient (Wildman–Crippen LogP) is 4.09. The second-order valence-electron chi connectivity index (χ2n) is 4.08. The molecule has 0 saturated carbocycles. The van der Waals surface area contributed by atoms with E-state index < -0.39 is 15.8 Å². The molecule has 0 fully saturated rings. The van der Waals surface area contributed by atoms with Crippen LogP contribution in [0.5, 0.6) is 0 Å². The Morgan fingerprint density at radius 1 is 1.40 bits per heavy atom. The lowest BCUT2D eigenvalue weighted by Gasteiger charge is -2.06. The van der Waals surface area contributed by atoms with E-state index >= 15 is 0 Å². The van der Waals surface area contributed by atoms with Gasteiger partial charge < -0.3 is 0 Å². The number of aryl methyl sites for hydroxylation is 1. The molecule has 1 aromatic heterocycles. The van der Waals surface area contributed by atoms with E-state index in [1.54, 1.807) is 13.0 Å². The molecule has 108 valence electrons. The summed E-state index contributed by atoms with van der Waals surface area (Å²) in [6, 6.07) is 5.85. The molecule has 0 unspecified atom stereocenters. The van der Waals surface area contributed by atoms with Crippen LogP contribution < -0.4 is 4.72 Å². The summed E-state index contributed by atoms with van der Waals surface area (Å²) in [6.07, 6.45) is 0. The van der Waals surface area contributed by atoms with Crippen LogP contribution in [0.15, 0.2) is 32.9 Å². The van der Waals surface area contributed by atoms with E-state index in [4.69, 9.17) is 11.6 Å². The molecule has 1 aromatic carbocycles. The van der Waals surface area contributed by atoms with Crippen LogP contribution in [-0.4, -0.2) is 8.42 Å². The summed E-state index contributed by atoms with van der Waals surface area (Å²) in [5.41, 5.74) is 0.966. The Balaban J connectivity index is 2.19. The van der Waals surface area contributed by atoms with Crippen LogP contribution in [0, 0.1) is 12.7 Å². The number of halogens is 3. The lowest BCUT2D eigenvalue weighted by atomic mass is 10.2. The van der Waals surface area contributed by atoms with Crippen molar-refractivity contribution < 1.29 is 12.8 Å². The maximum atomic E-state index is 13.5. The molecular formula is C12H10BrClFNO2S2. The lowest BCUT2D eigenvalue weighted by Crippen LogP contribution is -2.22. The molecule has 0 aliphatic rings. The number of benzene rings is 1. The molecule has 0 atom stereocenters. The second kappa shape index (κ2) is 6.11. The Labute approximate surface area is 134 Å². The van der Waals surface area contributed by atoms with Gasteiger partial charge >= 0.3 is 0 Å². The SMILES string of the molecule is Cc1cc(S(=O)(=O)NCc2cc(Br)ccc2F)sc1Cl. The van der Waals surface area contributed by atoms with Crippen LogP contribution in [0.25, 0.3) is 0 Å². The number of thiophene rings is 1. The maximum absolute atomic E-state index is 13.5. The first kappa shape index (κ1) is 15.9. The molecule has 0 saturated heterocycles. The van der Waals surface area contributed by atoms with E-state index in [1.165, 1.54) is 18.2 Å². The van der Waals surface area contributed by atoms with Crippen molar-refractivity contribution in [3.63, 3.8) is 0 Å². The fourth-order valence-electron chi connectivity index (χ4n) is 1.49. The van der Waals surface area contributed by atoms with Crippen molar-refractivity contribution in [2.24, 2.45) is 0 Å². The normalized spacial score (nSPS) is 11.8. The molecule has 20 heavy (non-hydrogen) atoms. The van der Waals surface area contributed by atoms with Crippen molar-refractivity contribution in [1.29, 1.82) is 0 Å². The summed E-state index contributed by atoms with van der Waals surface area (Å²) < 4.78 is 41.3. The zero-order chi connectivity index (χ0) is 14.9. The minimum Gasteiger partial charge on any atom is -0.207 e. The van der Waals surface area contributed by atoms with Crippen LogP contribution >= 0.6 is 38.9 Å². The van der Waals surface area contributed by atoms with Crippen LogP contribution in [0.2, 0.25) is 4.34 Å². The highest BCUT2D eigenvalue weighted by Gasteiger charge is 2.18. The number of hydrogen-bond donors (Lipinski definition) is 1. The molecule has 1 heterocycles. The van der Waals surface area contributed by atoms with Gasteiger partial charge in [0.25, 0.3) is 0 Å². The van der Waals surface area contributed by atoms with Gasteiger partial charge in [-0.1, -0.05) is 27.5 Å². The molecule has 0 bridgehead atoms. The fourth-order valence-corrected chi connectivity index (χ4v) is 4.65. The Bertz CT molecular complexity index is 726. The van der Waals surface area contributed by atoms with Crippen LogP contribution in [0.1, 0.15) is 11.1 Å². The van der Waals surface area contributed by atoms with Crippen molar-refractivity contribution in [2.45, 2.75) is 17.7 Å². The quantitative estimate of drug-likeness (QED) is 0.843. The van der Waals surface area contributed by atoms with E-state index in [2.05, 4.69) is 20.7 Å². The van der Waals surface area contributed by atoms with Crippen molar-refractivity contribution >= 4 is 48.9 Å². The molecular weight excluding hydrogens is 389 g/mol. The van der Waals surface area contributed by atoms with Gasteiger partial charge in [-0.3, -0.25) is 0 Å². The summed E-state index contributed by atoms with van der Waals surface area (Å²) >= 11 is 10.0. The van der Waals surface area contributed by atoms with Gasteiger partial charge in [-0.25, -0.2) is 17.5 Å². The number of sulfonamides is 1. The van der Waals surface area contributed by atoms with Gasteiger partial charge in [-0.15, -0.1) is 11.3 Å². The van der Waals surface area contributed by atoms with Gasteiger partial charge in [0.05, 0.1) is 4.34 Å². The molecule has 0 aliphatic heterocycles. The number of rotatable bonds is 4. The fraction of sp³-hybridized carbons (Fsp3) is 0.167. The van der Waals surface area contributed by atoms with Crippen molar-refractivity contribution in [1.82, 2.24) is 4.72 Å². The summed E-state index contributed by atoms with van der Waals surface area (Å²) in [4.78, 5) is 0. The molecule has 8 heteroatoms. The van der Waals surface area contributed by atoms with Gasteiger partial charge in [-0.2, -0.15) is 0 Å². The third-order valence-electron chi connectivity index (χ3n) is 2.56. The Morgan fingerprint density at radius 3 is 2.70 bits per heavy atom. The highest BCUT2D eigenvalue weighted by atomic mass is 79.9. The largest absolute Gasteiger partial charge is 0.250 e. The molecule has 2 aromatic rings. The summed E-state index contributed by atoms with van der Waals surface area (Å²) in [6.45, 7) is 1.61. The molecule has 1 N–H and O–H groups in total. The first-order valence-corrected chi connectivity index (χ1v) is 8.96. The monoisotopic (exact) mass is 397 g/mol. The number of hydrogen-bond acceptors (Lipinski definition) is 3. The third-order valence-corrected chi connectivity index (χ3v) is 6.48. The summed E-state index contributed by atoms with van der Waals surface area (Å²) in [7, 11) is -3.69. The van der Waals surface area contributed by atoms with Crippen molar-refractivity contribution in [3.05, 3.63) is 50.0 Å². The molecule has 3 nitrogen and oxygen atoms in total. The second-order valence-corrected chi connectivity index (χ2v) is 8.65. The molecule has 0 radical (unpaired) electrons. The van der Waals surface area contributed by atoms with E-state index in [0.717, 1.165) is 11.3 Å². The van der Waals surface area contributed by atoms with E-state index in [-0.39, 0.29) is 16.3 Å². The highest BCUT2D eigenvalue weighted by Crippen LogP contribution is 2.30. The Hall–Kier alpha value is -0.470. The molecule has 2 rings (SSSR count). The number of nitrogens with one attached hydrogen (secondary N) is 1. The lowest BCUT2D eigenvalue weighted by molar-refractivity contribution is 0.576.